The number of halogens is 1. The molecule has 3 rings (SSSR count). The number of nitrogens with zero attached hydrogens (tertiary/aromatic N) is 1. The highest BCUT2D eigenvalue weighted by atomic mass is 35.5. The predicted molar refractivity (Wildman–Crippen MR) is 120 cm³/mol. The Morgan fingerprint density at radius 1 is 1.00 bits per heavy atom. The van der Waals surface area contributed by atoms with Gasteiger partial charge in [-0.1, -0.05) is 54.9 Å². The van der Waals surface area contributed by atoms with Gasteiger partial charge in [0.05, 0.1) is 16.6 Å². The monoisotopic (exact) mass is 442 g/mol. The van der Waals surface area contributed by atoms with Gasteiger partial charge in [-0.15, -0.1) is 0 Å². The van der Waals surface area contributed by atoms with Gasteiger partial charge in [0.2, 0.25) is 0 Å². The molecule has 0 aliphatic rings. The first kappa shape index (κ1) is 21.9. The van der Waals surface area contributed by atoms with E-state index < -0.39 is 10.0 Å². The molecule has 0 aromatic heterocycles. The number of nitrogens with one attached hydrogen (secondary N) is 1. The Kier molecular flexibility index (Phi) is 6.80. The predicted octanol–water partition coefficient (Wildman–Crippen LogP) is 5.05. The fraction of sp³-hybridized carbons (Fsp3) is 0.174. The second-order valence-corrected chi connectivity index (χ2v) is 9.23. The fourth-order valence-corrected chi connectivity index (χ4v) is 4.41. The lowest BCUT2D eigenvalue weighted by atomic mass is 10.0. The van der Waals surface area contributed by atoms with Crippen molar-refractivity contribution in [2.75, 3.05) is 11.4 Å². The highest BCUT2D eigenvalue weighted by molar-refractivity contribution is 7.92. The molecule has 0 bridgehead atoms. The van der Waals surface area contributed by atoms with Gasteiger partial charge in [-0.05, 0) is 54.4 Å². The number of carbonyl (C=O) groups excluding carboxylic acids is 1. The van der Waals surface area contributed by atoms with Crippen LogP contribution in [0.3, 0.4) is 0 Å². The summed E-state index contributed by atoms with van der Waals surface area (Å²) in [5.41, 5.74) is 1.80. The van der Waals surface area contributed by atoms with Gasteiger partial charge in [-0.3, -0.25) is 9.10 Å². The summed E-state index contributed by atoms with van der Waals surface area (Å²) in [5, 5.41) is 3.48. The summed E-state index contributed by atoms with van der Waals surface area (Å²) in [4.78, 5) is 12.9. The highest BCUT2D eigenvalue weighted by Crippen LogP contribution is 2.24. The van der Waals surface area contributed by atoms with Crippen LogP contribution in [0.15, 0.2) is 83.8 Å². The lowest BCUT2D eigenvalue weighted by molar-refractivity contribution is 0.0935. The van der Waals surface area contributed by atoms with Gasteiger partial charge in [-0.25, -0.2) is 8.42 Å². The third-order valence-electron chi connectivity index (χ3n) is 4.86. The maximum absolute atomic E-state index is 12.9. The zero-order chi connectivity index (χ0) is 21.7. The first-order valence-electron chi connectivity index (χ1n) is 9.53. The van der Waals surface area contributed by atoms with Crippen LogP contribution in [0.25, 0.3) is 0 Å². The lowest BCUT2D eigenvalue weighted by Gasteiger charge is -2.21. The molecular formula is C23H23ClN2O3S. The van der Waals surface area contributed by atoms with Gasteiger partial charge in [0.25, 0.3) is 15.9 Å². The van der Waals surface area contributed by atoms with Crippen molar-refractivity contribution in [3.8, 4) is 0 Å². The average molecular weight is 443 g/mol. The standard InChI is InChI=1S/C23H23ClN2O3S/c1-3-22(17-8-5-4-6-9-17)25-23(27)18-10-7-11-20(16-18)26(2)30(28,29)21-14-12-19(24)13-15-21/h4-16,22H,3H2,1-2H3,(H,25,27)/t22-/m1/s1. The summed E-state index contributed by atoms with van der Waals surface area (Å²) in [6, 6.07) is 22.1. The highest BCUT2D eigenvalue weighted by Gasteiger charge is 2.22. The van der Waals surface area contributed by atoms with Crippen molar-refractivity contribution in [2.24, 2.45) is 0 Å². The average Bonchev–Trinajstić information content (AvgIpc) is 2.77. The minimum atomic E-state index is -3.78. The first-order chi connectivity index (χ1) is 14.3. The smallest absolute Gasteiger partial charge is 0.264 e. The Morgan fingerprint density at radius 2 is 1.67 bits per heavy atom. The molecule has 0 unspecified atom stereocenters. The molecule has 1 N–H and O–H groups in total. The van der Waals surface area contributed by atoms with Gasteiger partial charge in [0.1, 0.15) is 0 Å². The van der Waals surface area contributed by atoms with Crippen LogP contribution in [0, 0.1) is 0 Å². The van der Waals surface area contributed by atoms with Crippen LogP contribution in [0.5, 0.6) is 0 Å². The largest absolute Gasteiger partial charge is 0.345 e. The van der Waals surface area contributed by atoms with E-state index in [0.29, 0.717) is 16.3 Å². The molecule has 1 atom stereocenters. The number of amides is 1. The van der Waals surface area contributed by atoms with Crippen LogP contribution in [0.2, 0.25) is 5.02 Å². The second-order valence-electron chi connectivity index (χ2n) is 6.82. The summed E-state index contributed by atoms with van der Waals surface area (Å²) >= 11 is 5.86. The van der Waals surface area contributed by atoms with Crippen molar-refractivity contribution in [3.05, 3.63) is 95.0 Å². The zero-order valence-electron chi connectivity index (χ0n) is 16.7. The number of rotatable bonds is 7. The van der Waals surface area contributed by atoms with E-state index in [-0.39, 0.29) is 16.8 Å². The maximum Gasteiger partial charge on any atom is 0.264 e. The number of hydrogen-bond donors (Lipinski definition) is 1. The summed E-state index contributed by atoms with van der Waals surface area (Å²) in [6.07, 6.45) is 0.736. The van der Waals surface area contributed by atoms with Gasteiger partial charge >= 0.3 is 0 Å². The Bertz CT molecular complexity index is 1120. The van der Waals surface area contributed by atoms with Gasteiger partial charge < -0.3 is 5.32 Å². The summed E-state index contributed by atoms with van der Waals surface area (Å²) in [7, 11) is -2.32. The molecule has 3 aromatic rings. The molecule has 156 valence electrons. The quantitative estimate of drug-likeness (QED) is 0.557. The van der Waals surface area contributed by atoms with E-state index >= 15 is 0 Å². The fourth-order valence-electron chi connectivity index (χ4n) is 3.09. The number of sulfonamides is 1. The van der Waals surface area contributed by atoms with Gasteiger partial charge in [0.15, 0.2) is 0 Å². The molecule has 0 aliphatic heterocycles. The molecule has 1 amide bonds. The normalized spacial score (nSPS) is 12.2. The van der Waals surface area contributed by atoms with E-state index in [0.717, 1.165) is 16.3 Å². The molecule has 0 fully saturated rings. The van der Waals surface area contributed by atoms with Gasteiger partial charge in [0, 0.05) is 17.6 Å². The molecule has 0 radical (unpaired) electrons. The van der Waals surface area contributed by atoms with Crippen LogP contribution >= 0.6 is 11.6 Å². The summed E-state index contributed by atoms with van der Waals surface area (Å²) in [5.74, 6) is -0.259. The molecule has 7 heteroatoms. The molecule has 5 nitrogen and oxygen atoms in total. The Balaban J connectivity index is 1.83. The van der Waals surface area contributed by atoms with Gasteiger partial charge in [-0.2, -0.15) is 0 Å². The van der Waals surface area contributed by atoms with Crippen LogP contribution in [-0.4, -0.2) is 21.4 Å². The molecule has 0 heterocycles. The van der Waals surface area contributed by atoms with E-state index in [4.69, 9.17) is 11.6 Å². The molecule has 0 saturated carbocycles. The van der Waals surface area contributed by atoms with Crippen molar-refractivity contribution < 1.29 is 13.2 Å². The topological polar surface area (TPSA) is 66.5 Å². The van der Waals surface area contributed by atoms with E-state index in [9.17, 15) is 13.2 Å². The van der Waals surface area contributed by atoms with Crippen molar-refractivity contribution in [2.45, 2.75) is 24.3 Å². The van der Waals surface area contributed by atoms with E-state index in [1.165, 1.54) is 31.3 Å². The maximum atomic E-state index is 12.9. The van der Waals surface area contributed by atoms with Crippen LogP contribution in [0.4, 0.5) is 5.69 Å². The van der Waals surface area contributed by atoms with Crippen molar-refractivity contribution in [1.82, 2.24) is 5.32 Å². The van der Waals surface area contributed by atoms with Crippen molar-refractivity contribution >= 4 is 33.2 Å². The number of hydrogen-bond acceptors (Lipinski definition) is 3. The Labute approximate surface area is 182 Å². The molecule has 0 saturated heterocycles. The number of benzene rings is 3. The summed E-state index contributed by atoms with van der Waals surface area (Å²) in [6.45, 7) is 2.00. The number of anilines is 1. The summed E-state index contributed by atoms with van der Waals surface area (Å²) < 4.78 is 27.0. The third kappa shape index (κ3) is 4.83. The SMILES string of the molecule is CC[C@@H](NC(=O)c1cccc(N(C)S(=O)(=O)c2ccc(Cl)cc2)c1)c1ccccc1. The third-order valence-corrected chi connectivity index (χ3v) is 6.91. The van der Waals surface area contributed by atoms with E-state index in [2.05, 4.69) is 5.32 Å². The zero-order valence-corrected chi connectivity index (χ0v) is 18.3. The molecular weight excluding hydrogens is 420 g/mol. The van der Waals surface area contributed by atoms with E-state index in [1.54, 1.807) is 24.3 Å². The van der Waals surface area contributed by atoms with Crippen molar-refractivity contribution in [1.29, 1.82) is 0 Å². The second kappa shape index (κ2) is 9.32. The molecule has 30 heavy (non-hydrogen) atoms. The minimum absolute atomic E-state index is 0.124. The van der Waals surface area contributed by atoms with Crippen LogP contribution in [0.1, 0.15) is 35.3 Å². The van der Waals surface area contributed by atoms with E-state index in [1.807, 2.05) is 37.3 Å². The minimum Gasteiger partial charge on any atom is -0.345 e. The first-order valence-corrected chi connectivity index (χ1v) is 11.3. The Morgan fingerprint density at radius 3 is 2.30 bits per heavy atom. The van der Waals surface area contributed by atoms with Crippen LogP contribution < -0.4 is 9.62 Å². The number of carbonyl (C=O) groups is 1. The van der Waals surface area contributed by atoms with Crippen molar-refractivity contribution in [3.63, 3.8) is 0 Å². The van der Waals surface area contributed by atoms with Crippen LogP contribution in [-0.2, 0) is 10.0 Å². The lowest BCUT2D eigenvalue weighted by Crippen LogP contribution is -2.29. The molecule has 0 aliphatic carbocycles. The molecule has 0 spiro atoms. The Hall–Kier alpha value is -2.83. The molecule has 3 aromatic carbocycles.